The number of fused-ring (bicyclic) bond motifs is 2. The molecule has 232 valence electrons. The number of ether oxygens (including phenoxy) is 1. The van der Waals surface area contributed by atoms with Gasteiger partial charge in [-0.3, -0.25) is 14.3 Å². The predicted molar refractivity (Wildman–Crippen MR) is 185 cm³/mol. The van der Waals surface area contributed by atoms with E-state index in [4.69, 9.17) is 14.7 Å². The zero-order valence-corrected chi connectivity index (χ0v) is 26.4. The largest absolute Gasteiger partial charge is 0.467 e. The average Bonchev–Trinajstić information content (AvgIpc) is 3.11. The molecule has 4 heterocycles. The van der Waals surface area contributed by atoms with Crippen molar-refractivity contribution < 1.29 is 4.74 Å². The molecule has 47 heavy (non-hydrogen) atoms. The maximum Gasteiger partial charge on any atom is 0.316 e. The van der Waals surface area contributed by atoms with Crippen molar-refractivity contribution in [2.75, 3.05) is 12.4 Å². The second-order valence-electron chi connectivity index (χ2n) is 11.5. The molecular formula is C38H33N7O2. The SMILES string of the molecule is COc1ncc(-c2cccc3cc([C@H](C)Nc4nc(CCc5ccc(C)cc5)nc5cccnc45)n(-c4ccccc4)c(=O)c23)cn1. The highest BCUT2D eigenvalue weighted by atomic mass is 16.5. The van der Waals surface area contributed by atoms with Crippen LogP contribution in [0.2, 0.25) is 0 Å². The van der Waals surface area contributed by atoms with E-state index in [9.17, 15) is 4.79 Å². The number of aromatic nitrogens is 6. The van der Waals surface area contributed by atoms with E-state index in [0.29, 0.717) is 23.1 Å². The molecule has 0 bridgehead atoms. The molecule has 0 unspecified atom stereocenters. The van der Waals surface area contributed by atoms with E-state index in [1.54, 1.807) is 23.2 Å². The van der Waals surface area contributed by atoms with Gasteiger partial charge in [0.15, 0.2) is 5.82 Å². The lowest BCUT2D eigenvalue weighted by atomic mass is 9.99. The molecule has 0 amide bonds. The lowest BCUT2D eigenvalue weighted by Crippen LogP contribution is -2.26. The Bertz CT molecular complexity index is 2250. The Kier molecular flexibility index (Phi) is 8.10. The number of rotatable bonds is 9. The zero-order valence-electron chi connectivity index (χ0n) is 26.4. The molecule has 7 aromatic rings. The molecule has 4 aromatic heterocycles. The van der Waals surface area contributed by atoms with E-state index < -0.39 is 0 Å². The fourth-order valence-corrected chi connectivity index (χ4v) is 5.86. The van der Waals surface area contributed by atoms with Crippen molar-refractivity contribution in [2.24, 2.45) is 0 Å². The van der Waals surface area contributed by atoms with Crippen LogP contribution in [0.1, 0.15) is 35.6 Å². The Morgan fingerprint density at radius 2 is 1.64 bits per heavy atom. The highest BCUT2D eigenvalue weighted by Gasteiger charge is 2.21. The summed E-state index contributed by atoms with van der Waals surface area (Å²) >= 11 is 0. The van der Waals surface area contributed by atoms with Crippen LogP contribution in [0.4, 0.5) is 5.82 Å². The van der Waals surface area contributed by atoms with Crippen molar-refractivity contribution in [1.82, 2.24) is 29.5 Å². The van der Waals surface area contributed by atoms with Gasteiger partial charge in [0.05, 0.1) is 24.1 Å². The summed E-state index contributed by atoms with van der Waals surface area (Å²) in [5.74, 6) is 1.35. The summed E-state index contributed by atoms with van der Waals surface area (Å²) in [6, 6.07) is 29.9. The molecule has 0 saturated heterocycles. The minimum absolute atomic E-state index is 0.145. The van der Waals surface area contributed by atoms with Gasteiger partial charge in [-0.15, -0.1) is 0 Å². The summed E-state index contributed by atoms with van der Waals surface area (Å²) in [5, 5.41) is 4.99. The normalized spacial score (nSPS) is 11.9. The van der Waals surface area contributed by atoms with Crippen LogP contribution in [0.15, 0.2) is 114 Å². The van der Waals surface area contributed by atoms with E-state index >= 15 is 0 Å². The number of pyridine rings is 2. The Balaban J connectivity index is 1.32. The minimum Gasteiger partial charge on any atom is -0.467 e. The average molecular weight is 620 g/mol. The smallest absolute Gasteiger partial charge is 0.316 e. The number of hydrogen-bond acceptors (Lipinski definition) is 8. The van der Waals surface area contributed by atoms with Gasteiger partial charge >= 0.3 is 6.01 Å². The van der Waals surface area contributed by atoms with Crippen molar-refractivity contribution in [3.05, 3.63) is 143 Å². The Morgan fingerprint density at radius 3 is 2.40 bits per heavy atom. The number of para-hydroxylation sites is 1. The first-order valence-corrected chi connectivity index (χ1v) is 15.5. The molecule has 1 N–H and O–H groups in total. The van der Waals surface area contributed by atoms with Crippen molar-refractivity contribution in [3.8, 4) is 22.8 Å². The maximum absolute atomic E-state index is 14.6. The van der Waals surface area contributed by atoms with Crippen LogP contribution >= 0.6 is 0 Å². The molecule has 9 heteroatoms. The van der Waals surface area contributed by atoms with Crippen molar-refractivity contribution in [1.29, 1.82) is 0 Å². The third-order valence-electron chi connectivity index (χ3n) is 8.27. The number of hydrogen-bond donors (Lipinski definition) is 1. The van der Waals surface area contributed by atoms with E-state index in [1.807, 2.05) is 67.6 Å². The molecule has 0 aliphatic heterocycles. The first-order chi connectivity index (χ1) is 23.0. The standard InChI is InChI=1S/C38H33N7O2/c1-24-14-16-26(17-15-24)18-19-33-43-31-13-8-20-39-35(31)36(44-33)42-25(2)32-21-27-9-7-12-30(28-22-40-38(47-3)41-23-28)34(27)37(46)45(32)29-10-5-4-6-11-29/h4-17,20-23,25H,18-19H2,1-3H3,(H,42,43,44)/t25-/m0/s1. The number of methoxy groups -OCH3 is 1. The van der Waals surface area contributed by atoms with Gasteiger partial charge in [0.2, 0.25) is 0 Å². The molecule has 7 rings (SSSR count). The minimum atomic E-state index is -0.328. The van der Waals surface area contributed by atoms with Crippen LogP contribution in [0.5, 0.6) is 6.01 Å². The van der Waals surface area contributed by atoms with Crippen molar-refractivity contribution in [3.63, 3.8) is 0 Å². The van der Waals surface area contributed by atoms with Crippen LogP contribution in [0, 0.1) is 6.92 Å². The summed E-state index contributed by atoms with van der Waals surface area (Å²) in [4.78, 5) is 37.5. The van der Waals surface area contributed by atoms with Gasteiger partial charge in [0, 0.05) is 42.0 Å². The predicted octanol–water partition coefficient (Wildman–Crippen LogP) is 7.06. The van der Waals surface area contributed by atoms with Gasteiger partial charge in [-0.25, -0.2) is 19.9 Å². The van der Waals surface area contributed by atoms with E-state index in [-0.39, 0.29) is 17.6 Å². The molecule has 0 radical (unpaired) electrons. The van der Waals surface area contributed by atoms with Gasteiger partial charge in [-0.2, -0.15) is 0 Å². The lowest BCUT2D eigenvalue weighted by molar-refractivity contribution is 0.380. The Hall–Kier alpha value is -5.96. The summed E-state index contributed by atoms with van der Waals surface area (Å²) < 4.78 is 6.91. The molecule has 0 aliphatic carbocycles. The fraction of sp³-hybridized carbons (Fsp3) is 0.158. The number of benzene rings is 3. The van der Waals surface area contributed by atoms with E-state index in [0.717, 1.165) is 45.7 Å². The fourth-order valence-electron chi connectivity index (χ4n) is 5.86. The third kappa shape index (κ3) is 6.03. The van der Waals surface area contributed by atoms with Crippen LogP contribution in [-0.4, -0.2) is 36.6 Å². The van der Waals surface area contributed by atoms with Gasteiger partial charge in [-0.05, 0) is 67.1 Å². The van der Waals surface area contributed by atoms with Crippen LogP contribution in [0.3, 0.4) is 0 Å². The lowest BCUT2D eigenvalue weighted by Gasteiger charge is -2.22. The molecule has 0 spiro atoms. The monoisotopic (exact) mass is 619 g/mol. The second-order valence-corrected chi connectivity index (χ2v) is 11.5. The number of anilines is 1. The van der Waals surface area contributed by atoms with Crippen molar-refractivity contribution in [2.45, 2.75) is 32.7 Å². The maximum atomic E-state index is 14.6. The highest BCUT2D eigenvalue weighted by Crippen LogP contribution is 2.31. The Morgan fingerprint density at radius 1 is 0.851 bits per heavy atom. The van der Waals surface area contributed by atoms with Gasteiger partial charge in [-0.1, -0.05) is 66.2 Å². The third-order valence-corrected chi connectivity index (χ3v) is 8.27. The molecule has 1 atom stereocenters. The summed E-state index contributed by atoms with van der Waals surface area (Å²) in [6.07, 6.45) is 6.59. The highest BCUT2D eigenvalue weighted by molar-refractivity contribution is 5.96. The molecule has 9 nitrogen and oxygen atoms in total. The second kappa shape index (κ2) is 12.8. The van der Waals surface area contributed by atoms with Crippen LogP contribution in [-0.2, 0) is 12.8 Å². The zero-order chi connectivity index (χ0) is 32.3. The topological polar surface area (TPSA) is 108 Å². The quantitative estimate of drug-likeness (QED) is 0.183. The first kappa shape index (κ1) is 29.7. The van der Waals surface area contributed by atoms with E-state index in [2.05, 4.69) is 57.5 Å². The van der Waals surface area contributed by atoms with Gasteiger partial charge in [0.25, 0.3) is 5.56 Å². The van der Waals surface area contributed by atoms with Gasteiger partial charge < -0.3 is 10.1 Å². The van der Waals surface area contributed by atoms with Crippen molar-refractivity contribution >= 4 is 27.6 Å². The number of aryl methyl sites for hydroxylation is 3. The number of nitrogens with one attached hydrogen (secondary N) is 1. The van der Waals surface area contributed by atoms with E-state index in [1.165, 1.54) is 18.2 Å². The van der Waals surface area contributed by atoms with Gasteiger partial charge in [0.1, 0.15) is 11.3 Å². The summed E-state index contributed by atoms with van der Waals surface area (Å²) in [6.45, 7) is 4.12. The summed E-state index contributed by atoms with van der Waals surface area (Å²) in [5.41, 5.74) is 6.77. The molecule has 0 fully saturated rings. The first-order valence-electron chi connectivity index (χ1n) is 15.5. The molecule has 0 aliphatic rings. The molecular weight excluding hydrogens is 586 g/mol. The number of nitrogens with zero attached hydrogens (tertiary/aromatic N) is 6. The van der Waals surface area contributed by atoms with Crippen LogP contribution < -0.4 is 15.6 Å². The molecule has 3 aromatic carbocycles. The molecule has 0 saturated carbocycles. The Labute approximate surface area is 272 Å². The van der Waals surface area contributed by atoms with Crippen LogP contribution in [0.25, 0.3) is 38.6 Å². The summed E-state index contributed by atoms with van der Waals surface area (Å²) in [7, 11) is 1.52.